The molecule has 1 N–H and O–H groups in total. The molecule has 1 fully saturated rings. The molecule has 1 saturated heterocycles. The van der Waals surface area contributed by atoms with E-state index in [1.807, 2.05) is 6.07 Å². The molecule has 1 atom stereocenters. The topological polar surface area (TPSA) is 21.3 Å². The molecule has 2 nitrogen and oxygen atoms in total. The van der Waals surface area contributed by atoms with Gasteiger partial charge in [0.2, 0.25) is 0 Å². The number of rotatable bonds is 5. The van der Waals surface area contributed by atoms with E-state index in [9.17, 15) is 4.39 Å². The van der Waals surface area contributed by atoms with E-state index in [1.54, 1.807) is 12.1 Å². The van der Waals surface area contributed by atoms with E-state index in [-0.39, 0.29) is 16.3 Å². The molecule has 0 aliphatic carbocycles. The zero-order valence-corrected chi connectivity index (χ0v) is 13.0. The summed E-state index contributed by atoms with van der Waals surface area (Å²) in [7, 11) is 0. The number of nitrogens with one attached hydrogen (secondary N) is 1. The molecule has 0 bridgehead atoms. The molecule has 0 aromatic heterocycles. The van der Waals surface area contributed by atoms with Crippen LogP contribution in [0.2, 0.25) is 5.02 Å². The van der Waals surface area contributed by atoms with E-state index < -0.39 is 0 Å². The van der Waals surface area contributed by atoms with Crippen LogP contribution in [0.15, 0.2) is 18.2 Å². The molecule has 4 heteroatoms. The first-order valence-corrected chi connectivity index (χ1v) is 7.64. The molecule has 0 radical (unpaired) electrons. The third kappa shape index (κ3) is 4.18. The Morgan fingerprint density at radius 3 is 2.85 bits per heavy atom. The highest BCUT2D eigenvalue weighted by molar-refractivity contribution is 6.30. The van der Waals surface area contributed by atoms with Gasteiger partial charge in [0.1, 0.15) is 5.82 Å². The van der Waals surface area contributed by atoms with Crippen LogP contribution in [0, 0.1) is 11.2 Å². The van der Waals surface area contributed by atoms with E-state index in [2.05, 4.69) is 19.2 Å². The average molecular weight is 300 g/mol. The maximum Gasteiger partial charge on any atom is 0.142 e. The van der Waals surface area contributed by atoms with E-state index >= 15 is 0 Å². The van der Waals surface area contributed by atoms with Crippen molar-refractivity contribution in [2.24, 2.45) is 5.41 Å². The van der Waals surface area contributed by atoms with Crippen molar-refractivity contribution >= 4 is 11.6 Å². The highest BCUT2D eigenvalue weighted by atomic mass is 35.5. The Kier molecular flexibility index (Phi) is 5.42. The first-order valence-electron chi connectivity index (χ1n) is 7.26. The average Bonchev–Trinajstić information content (AvgIpc) is 2.42. The highest BCUT2D eigenvalue weighted by Gasteiger charge is 2.33. The molecule has 20 heavy (non-hydrogen) atoms. The van der Waals surface area contributed by atoms with Crippen LogP contribution < -0.4 is 5.32 Å². The van der Waals surface area contributed by atoms with Crippen LogP contribution >= 0.6 is 11.6 Å². The smallest absolute Gasteiger partial charge is 0.142 e. The first-order chi connectivity index (χ1) is 9.51. The van der Waals surface area contributed by atoms with Gasteiger partial charge in [-0.3, -0.25) is 0 Å². The summed E-state index contributed by atoms with van der Waals surface area (Å²) in [6.07, 6.45) is 2.99. The Hall–Kier alpha value is -0.640. The predicted octanol–water partition coefficient (Wildman–Crippen LogP) is 3.82. The lowest BCUT2D eigenvalue weighted by atomic mass is 9.77. The molecule has 1 heterocycles. The standard InChI is InChI=1S/C16H23ClFNO/c1-12(2)19-10-16(6-3-7-20-11-16)9-13-4-5-14(17)15(18)8-13/h4-5,8,12,19H,3,6-7,9-11H2,1-2H3. The number of hydrogen-bond donors (Lipinski definition) is 1. The van der Waals surface area contributed by atoms with Crippen molar-refractivity contribution in [3.05, 3.63) is 34.6 Å². The van der Waals surface area contributed by atoms with Crippen LogP contribution in [0.25, 0.3) is 0 Å². The van der Waals surface area contributed by atoms with Crippen LogP contribution in [0.1, 0.15) is 32.3 Å². The van der Waals surface area contributed by atoms with Crippen molar-refractivity contribution in [3.8, 4) is 0 Å². The van der Waals surface area contributed by atoms with Crippen molar-refractivity contribution in [2.75, 3.05) is 19.8 Å². The molecule has 1 unspecified atom stereocenters. The quantitative estimate of drug-likeness (QED) is 0.892. The SMILES string of the molecule is CC(C)NCC1(Cc2ccc(Cl)c(F)c2)CCCOC1. The lowest BCUT2D eigenvalue weighted by Crippen LogP contribution is -2.44. The summed E-state index contributed by atoms with van der Waals surface area (Å²) in [5.74, 6) is -0.340. The molecule has 0 spiro atoms. The fourth-order valence-electron chi connectivity index (χ4n) is 2.75. The fraction of sp³-hybridized carbons (Fsp3) is 0.625. The Labute approximate surface area is 125 Å². The molecule has 112 valence electrons. The van der Waals surface area contributed by atoms with Gasteiger partial charge in [0.25, 0.3) is 0 Å². The lowest BCUT2D eigenvalue weighted by molar-refractivity contribution is -0.00804. The molecule has 0 saturated carbocycles. The Balaban J connectivity index is 2.11. The first kappa shape index (κ1) is 15.7. The second kappa shape index (κ2) is 6.88. The summed E-state index contributed by atoms with van der Waals surface area (Å²) in [4.78, 5) is 0. The van der Waals surface area contributed by atoms with Crippen LogP contribution in [-0.4, -0.2) is 25.8 Å². The number of halogens is 2. The Bertz CT molecular complexity index is 444. The maximum atomic E-state index is 13.6. The summed E-state index contributed by atoms with van der Waals surface area (Å²) in [6, 6.07) is 5.54. The summed E-state index contributed by atoms with van der Waals surface area (Å²) in [5, 5.41) is 3.69. The monoisotopic (exact) mass is 299 g/mol. The molecule has 1 aliphatic rings. The van der Waals surface area contributed by atoms with Gasteiger partial charge in [-0.25, -0.2) is 4.39 Å². The van der Waals surface area contributed by atoms with Crippen LogP contribution in [-0.2, 0) is 11.2 Å². The van der Waals surface area contributed by atoms with Crippen molar-refractivity contribution in [3.63, 3.8) is 0 Å². The molecule has 1 aliphatic heterocycles. The zero-order chi connectivity index (χ0) is 14.6. The molecule has 1 aromatic rings. The van der Waals surface area contributed by atoms with Gasteiger partial charge >= 0.3 is 0 Å². The van der Waals surface area contributed by atoms with E-state index in [0.29, 0.717) is 6.04 Å². The molecule has 2 rings (SSSR count). The Morgan fingerprint density at radius 1 is 1.45 bits per heavy atom. The van der Waals surface area contributed by atoms with Crippen molar-refractivity contribution in [1.29, 1.82) is 0 Å². The zero-order valence-electron chi connectivity index (χ0n) is 12.2. The largest absolute Gasteiger partial charge is 0.381 e. The summed E-state index contributed by atoms with van der Waals surface area (Å²) >= 11 is 5.75. The van der Waals surface area contributed by atoms with Crippen molar-refractivity contribution in [1.82, 2.24) is 5.32 Å². The number of hydrogen-bond acceptors (Lipinski definition) is 2. The highest BCUT2D eigenvalue weighted by Crippen LogP contribution is 2.33. The van der Waals surface area contributed by atoms with Crippen molar-refractivity contribution in [2.45, 2.75) is 39.2 Å². The van der Waals surface area contributed by atoms with Crippen LogP contribution in [0.3, 0.4) is 0 Å². The van der Waals surface area contributed by atoms with Gasteiger partial charge in [-0.05, 0) is 37.0 Å². The van der Waals surface area contributed by atoms with E-state index in [1.165, 1.54) is 0 Å². The van der Waals surface area contributed by atoms with Gasteiger partial charge in [-0.1, -0.05) is 31.5 Å². The van der Waals surface area contributed by atoms with Gasteiger partial charge in [0.05, 0.1) is 11.6 Å². The van der Waals surface area contributed by atoms with Gasteiger partial charge in [-0.2, -0.15) is 0 Å². The number of ether oxygens (including phenoxy) is 1. The van der Waals surface area contributed by atoms with Crippen LogP contribution in [0.5, 0.6) is 0 Å². The van der Waals surface area contributed by atoms with Crippen molar-refractivity contribution < 1.29 is 9.13 Å². The predicted molar refractivity (Wildman–Crippen MR) is 80.7 cm³/mol. The molecular weight excluding hydrogens is 277 g/mol. The minimum absolute atomic E-state index is 0.0583. The minimum Gasteiger partial charge on any atom is -0.381 e. The van der Waals surface area contributed by atoms with Gasteiger partial charge in [0.15, 0.2) is 0 Å². The Morgan fingerprint density at radius 2 is 2.25 bits per heavy atom. The van der Waals surface area contributed by atoms with E-state index in [4.69, 9.17) is 16.3 Å². The van der Waals surface area contributed by atoms with Gasteiger partial charge in [-0.15, -0.1) is 0 Å². The molecular formula is C16H23ClFNO. The van der Waals surface area contributed by atoms with Gasteiger partial charge < -0.3 is 10.1 Å². The molecule has 1 aromatic carbocycles. The summed E-state index contributed by atoms with van der Waals surface area (Å²) in [5.41, 5.74) is 1.05. The fourth-order valence-corrected chi connectivity index (χ4v) is 2.87. The minimum atomic E-state index is -0.340. The third-order valence-corrected chi connectivity index (χ3v) is 4.16. The summed E-state index contributed by atoms with van der Waals surface area (Å²) < 4.78 is 19.3. The second-order valence-electron chi connectivity index (χ2n) is 6.12. The number of benzene rings is 1. The van der Waals surface area contributed by atoms with E-state index in [0.717, 1.165) is 44.6 Å². The van der Waals surface area contributed by atoms with Gasteiger partial charge in [0, 0.05) is 24.6 Å². The molecule has 0 amide bonds. The van der Waals surface area contributed by atoms with Crippen LogP contribution in [0.4, 0.5) is 4.39 Å². The second-order valence-corrected chi connectivity index (χ2v) is 6.52. The normalized spacial score (nSPS) is 23.2. The maximum absolute atomic E-state index is 13.6. The lowest BCUT2D eigenvalue weighted by Gasteiger charge is -2.38. The third-order valence-electron chi connectivity index (χ3n) is 3.85. The summed E-state index contributed by atoms with van der Waals surface area (Å²) in [6.45, 7) is 6.74.